The number of carbonyl (C=O) groups is 2. The van der Waals surface area contributed by atoms with Gasteiger partial charge in [-0.3, -0.25) is 9.59 Å². The van der Waals surface area contributed by atoms with Gasteiger partial charge in [0.2, 0.25) is 11.8 Å². The summed E-state index contributed by atoms with van der Waals surface area (Å²) in [6.45, 7) is 1.35. The molecular weight excluding hydrogens is 372 g/mol. The molecule has 152 valence electrons. The molecule has 0 saturated heterocycles. The highest BCUT2D eigenvalue weighted by molar-refractivity contribution is 5.87. The van der Waals surface area contributed by atoms with Crippen LogP contribution in [0.15, 0.2) is 57.8 Å². The van der Waals surface area contributed by atoms with Crippen LogP contribution in [0.2, 0.25) is 0 Å². The van der Waals surface area contributed by atoms with E-state index in [4.69, 9.17) is 0 Å². The maximum Gasteiger partial charge on any atom is 0.242 e. The van der Waals surface area contributed by atoms with Gasteiger partial charge >= 0.3 is 0 Å². The Kier molecular flexibility index (Phi) is 7.84. The maximum atomic E-state index is 12.0. The van der Waals surface area contributed by atoms with E-state index < -0.39 is 6.04 Å². The molecule has 4 N–H and O–H groups in total. The van der Waals surface area contributed by atoms with Gasteiger partial charge in [0.25, 0.3) is 0 Å². The van der Waals surface area contributed by atoms with E-state index in [1.165, 1.54) is 20.0 Å². The van der Waals surface area contributed by atoms with Gasteiger partial charge in [0.05, 0.1) is 11.9 Å². The third kappa shape index (κ3) is 6.73. The Morgan fingerprint density at radius 2 is 1.83 bits per heavy atom. The molecule has 0 aliphatic heterocycles. The Labute approximate surface area is 168 Å². The number of azo groups is 1. The average Bonchev–Trinajstić information content (AvgIpc) is 2.71. The van der Waals surface area contributed by atoms with Crippen LogP contribution >= 0.6 is 0 Å². The Hall–Kier alpha value is -3.75. The Balaban J connectivity index is 2.17. The van der Waals surface area contributed by atoms with E-state index in [-0.39, 0.29) is 29.7 Å². The summed E-state index contributed by atoms with van der Waals surface area (Å²) in [5.41, 5.74) is 5.17. The normalized spacial score (nSPS) is 12.1. The number of carbonyl (C=O) groups excluding carboxylic acids is 2. The number of aromatic hydroxyl groups is 1. The van der Waals surface area contributed by atoms with Crippen molar-refractivity contribution in [3.63, 3.8) is 0 Å². The summed E-state index contributed by atoms with van der Waals surface area (Å²) in [6, 6.07) is 11.3. The first-order chi connectivity index (χ1) is 13.9. The molecule has 0 unspecified atom stereocenters. The largest absolute Gasteiger partial charge is 0.506 e. The van der Waals surface area contributed by atoms with Gasteiger partial charge in [0.15, 0.2) is 0 Å². The fourth-order valence-corrected chi connectivity index (χ4v) is 2.52. The van der Waals surface area contributed by atoms with Gasteiger partial charge in [-0.05, 0) is 35.4 Å². The van der Waals surface area contributed by atoms with Crippen LogP contribution in [0.25, 0.3) is 0 Å². The molecule has 2 rings (SSSR count). The molecule has 2 amide bonds. The van der Waals surface area contributed by atoms with Crippen molar-refractivity contribution in [2.45, 2.75) is 19.4 Å². The van der Waals surface area contributed by atoms with Crippen LogP contribution in [0.4, 0.5) is 11.4 Å². The van der Waals surface area contributed by atoms with Gasteiger partial charge < -0.3 is 21.2 Å². The fourth-order valence-electron chi connectivity index (χ4n) is 2.52. The van der Waals surface area contributed by atoms with E-state index in [0.717, 1.165) is 11.1 Å². The molecule has 9 heteroatoms. The third-order valence-electron chi connectivity index (χ3n) is 3.93. The van der Waals surface area contributed by atoms with Gasteiger partial charge in [-0.15, -0.1) is 5.11 Å². The molecular formula is C20H24N6O3. The summed E-state index contributed by atoms with van der Waals surface area (Å²) in [4.78, 5) is 23.3. The molecule has 2 aromatic rings. The van der Waals surface area contributed by atoms with Crippen molar-refractivity contribution in [1.29, 1.82) is 0 Å². The van der Waals surface area contributed by atoms with E-state index in [0.29, 0.717) is 5.69 Å². The van der Waals surface area contributed by atoms with Crippen LogP contribution in [0, 0.1) is 0 Å². The monoisotopic (exact) mass is 396 g/mol. The SMILES string of the molecule is CN/N=C\c1ccc(N=Nc2cc(C[C@H](NC(C)=O)C(=O)NC)ccc2O)cc1. The number of nitrogens with zero attached hydrogens (tertiary/aromatic N) is 3. The quantitative estimate of drug-likeness (QED) is 0.310. The summed E-state index contributed by atoms with van der Waals surface area (Å²) in [6.07, 6.45) is 1.93. The van der Waals surface area contributed by atoms with Crippen LogP contribution in [-0.2, 0) is 16.0 Å². The molecule has 0 spiro atoms. The first-order valence-corrected chi connectivity index (χ1v) is 8.95. The minimum atomic E-state index is -0.723. The summed E-state index contributed by atoms with van der Waals surface area (Å²) >= 11 is 0. The van der Waals surface area contributed by atoms with Gasteiger partial charge in [0.1, 0.15) is 17.5 Å². The molecule has 0 aliphatic carbocycles. The van der Waals surface area contributed by atoms with Gasteiger partial charge in [0, 0.05) is 27.4 Å². The minimum Gasteiger partial charge on any atom is -0.506 e. The van der Waals surface area contributed by atoms with E-state index in [2.05, 4.69) is 31.4 Å². The third-order valence-corrected chi connectivity index (χ3v) is 3.93. The first-order valence-electron chi connectivity index (χ1n) is 8.95. The first kappa shape index (κ1) is 21.5. The van der Waals surface area contributed by atoms with Crippen molar-refractivity contribution in [2.24, 2.45) is 15.3 Å². The van der Waals surface area contributed by atoms with Crippen LogP contribution in [0.1, 0.15) is 18.1 Å². The standard InChI is InChI=1S/C20H24N6O3/c1-13(27)24-18(20(29)21-2)11-15-6-9-19(28)17(10-15)26-25-16-7-4-14(5-8-16)12-23-22-3/h4-10,12,18,22,28H,11H2,1-3H3,(H,21,29)(H,24,27)/b23-12-,26-25?/t18-/m0/s1. The molecule has 0 bridgehead atoms. The van der Waals surface area contributed by atoms with E-state index in [9.17, 15) is 14.7 Å². The number of benzene rings is 2. The second kappa shape index (κ2) is 10.5. The number of likely N-dealkylation sites (N-methyl/N-ethyl adjacent to an activating group) is 1. The van der Waals surface area contributed by atoms with Crippen LogP contribution in [-0.4, -0.2) is 43.3 Å². The van der Waals surface area contributed by atoms with Crippen molar-refractivity contribution in [3.05, 3.63) is 53.6 Å². The van der Waals surface area contributed by atoms with Gasteiger partial charge in [-0.2, -0.15) is 10.2 Å². The van der Waals surface area contributed by atoms with Crippen LogP contribution in [0.3, 0.4) is 0 Å². The highest BCUT2D eigenvalue weighted by atomic mass is 16.3. The average molecular weight is 396 g/mol. The lowest BCUT2D eigenvalue weighted by molar-refractivity contribution is -0.127. The summed E-state index contributed by atoms with van der Waals surface area (Å²) in [5, 5.41) is 27.4. The number of hydrogen-bond acceptors (Lipinski definition) is 7. The highest BCUT2D eigenvalue weighted by Gasteiger charge is 2.19. The number of nitrogens with one attached hydrogen (secondary N) is 3. The zero-order chi connectivity index (χ0) is 21.2. The molecule has 0 saturated carbocycles. The number of rotatable bonds is 8. The topological polar surface area (TPSA) is 128 Å². The molecule has 2 aromatic carbocycles. The number of phenols is 1. The van der Waals surface area contributed by atoms with Crippen molar-refractivity contribution in [1.82, 2.24) is 16.1 Å². The van der Waals surface area contributed by atoms with Crippen molar-refractivity contribution in [3.8, 4) is 5.75 Å². The highest BCUT2D eigenvalue weighted by Crippen LogP contribution is 2.29. The predicted molar refractivity (Wildman–Crippen MR) is 111 cm³/mol. The lowest BCUT2D eigenvalue weighted by Gasteiger charge is -2.16. The summed E-state index contributed by atoms with van der Waals surface area (Å²) in [5.74, 6) is -0.648. The van der Waals surface area contributed by atoms with E-state index in [1.807, 2.05) is 12.1 Å². The van der Waals surface area contributed by atoms with Gasteiger partial charge in [-0.25, -0.2) is 0 Å². The van der Waals surface area contributed by atoms with E-state index >= 15 is 0 Å². The molecule has 0 radical (unpaired) electrons. The number of hydrazone groups is 1. The number of amides is 2. The maximum absolute atomic E-state index is 12.0. The lowest BCUT2D eigenvalue weighted by Crippen LogP contribution is -2.46. The fraction of sp³-hybridized carbons (Fsp3) is 0.250. The van der Waals surface area contributed by atoms with Crippen molar-refractivity contribution < 1.29 is 14.7 Å². The summed E-state index contributed by atoms with van der Waals surface area (Å²) in [7, 11) is 3.22. The second-order valence-electron chi connectivity index (χ2n) is 6.17. The zero-order valence-electron chi connectivity index (χ0n) is 16.5. The smallest absolute Gasteiger partial charge is 0.242 e. The molecule has 1 atom stereocenters. The van der Waals surface area contributed by atoms with Gasteiger partial charge in [-0.1, -0.05) is 18.2 Å². The zero-order valence-corrected chi connectivity index (χ0v) is 16.5. The molecule has 29 heavy (non-hydrogen) atoms. The molecule has 9 nitrogen and oxygen atoms in total. The van der Waals surface area contributed by atoms with Crippen molar-refractivity contribution >= 4 is 29.4 Å². The number of phenolic OH excluding ortho intramolecular Hbond substituents is 1. The molecule has 0 fully saturated rings. The Morgan fingerprint density at radius 3 is 2.45 bits per heavy atom. The lowest BCUT2D eigenvalue weighted by atomic mass is 10.0. The van der Waals surface area contributed by atoms with Crippen LogP contribution < -0.4 is 16.1 Å². The minimum absolute atomic E-state index is 0.0358. The molecule has 0 heterocycles. The predicted octanol–water partition coefficient (Wildman–Crippen LogP) is 2.15. The molecule has 0 aliphatic rings. The van der Waals surface area contributed by atoms with E-state index in [1.54, 1.807) is 37.5 Å². The Morgan fingerprint density at radius 1 is 1.10 bits per heavy atom. The summed E-state index contributed by atoms with van der Waals surface area (Å²) < 4.78 is 0. The Bertz CT molecular complexity index is 909. The molecule has 0 aromatic heterocycles. The van der Waals surface area contributed by atoms with Crippen molar-refractivity contribution in [2.75, 3.05) is 14.1 Å². The number of hydrogen-bond donors (Lipinski definition) is 4. The van der Waals surface area contributed by atoms with Crippen LogP contribution in [0.5, 0.6) is 5.75 Å². The second-order valence-corrected chi connectivity index (χ2v) is 6.17.